The number of hydrogen-bond acceptors (Lipinski definition) is 5. The van der Waals surface area contributed by atoms with Crippen molar-refractivity contribution in [1.82, 2.24) is 34.7 Å². The van der Waals surface area contributed by atoms with Gasteiger partial charge in [-0.3, -0.25) is 15.1 Å². The molecule has 2 N–H and O–H groups in total. The van der Waals surface area contributed by atoms with E-state index in [1.165, 1.54) is 0 Å². The van der Waals surface area contributed by atoms with Crippen molar-refractivity contribution in [2.45, 2.75) is 19.9 Å². The standard InChI is InChI=1S/C25H18FN7S/c1-12(2)33-14-8-13(9-27-10-14)22-21(26)20-17(11-28-22)31-32-24(20)25-29-16-5-3-4-15(23(16)30-25)18-6-7-19(33)34-18/h3-12H,1-2H3,(H,29,30)(H,31,32). The van der Waals surface area contributed by atoms with Crippen molar-refractivity contribution in [3.05, 3.63) is 60.8 Å². The van der Waals surface area contributed by atoms with E-state index in [1.54, 1.807) is 29.9 Å². The van der Waals surface area contributed by atoms with Crippen molar-refractivity contribution in [3.8, 4) is 0 Å². The Bertz CT molecular complexity index is 1970. The van der Waals surface area contributed by atoms with Gasteiger partial charge in [0, 0.05) is 27.7 Å². The molecule has 0 spiro atoms. The second-order valence-electron chi connectivity index (χ2n) is 8.60. The fraction of sp³-hybridized carbons (Fsp3) is 0.120. The minimum atomic E-state index is -0.454. The molecule has 6 heterocycles. The molecule has 7 rings (SSSR count). The van der Waals surface area contributed by atoms with Crippen LogP contribution in [0.4, 0.5) is 4.39 Å². The molecule has 1 aromatic carbocycles. The van der Waals surface area contributed by atoms with Crippen LogP contribution in [0.3, 0.4) is 0 Å². The zero-order chi connectivity index (χ0) is 23.0. The third-order valence-corrected chi connectivity index (χ3v) is 7.29. The number of aromatic amines is 2. The van der Waals surface area contributed by atoms with E-state index in [0.717, 1.165) is 31.5 Å². The summed E-state index contributed by atoms with van der Waals surface area (Å²) >= 11 is 1.69. The van der Waals surface area contributed by atoms with Gasteiger partial charge in [0.25, 0.3) is 0 Å². The summed E-state index contributed by atoms with van der Waals surface area (Å²) in [5.41, 5.74) is 4.24. The van der Waals surface area contributed by atoms with Gasteiger partial charge in [-0.25, -0.2) is 9.37 Å². The summed E-state index contributed by atoms with van der Waals surface area (Å²) in [5.74, 6) is -0.454. The third kappa shape index (κ3) is 2.67. The number of nitrogens with one attached hydrogen (secondary N) is 2. The predicted octanol–water partition coefficient (Wildman–Crippen LogP) is 6.55. The van der Waals surface area contributed by atoms with Crippen molar-refractivity contribution in [1.29, 1.82) is 0 Å². The number of aromatic nitrogens is 7. The first-order valence-corrected chi connectivity index (χ1v) is 11.8. The smallest absolute Gasteiger partial charge is 0.161 e. The minimum Gasteiger partial charge on any atom is -0.337 e. The van der Waals surface area contributed by atoms with Gasteiger partial charge in [-0.05, 0) is 38.1 Å². The molecule has 8 bridgehead atoms. The van der Waals surface area contributed by atoms with Gasteiger partial charge in [0.05, 0.1) is 44.7 Å². The van der Waals surface area contributed by atoms with E-state index in [1.807, 2.05) is 18.2 Å². The lowest BCUT2D eigenvalue weighted by Crippen LogP contribution is -2.01. The van der Waals surface area contributed by atoms with Crippen molar-refractivity contribution >= 4 is 75.8 Å². The number of H-pyrrole nitrogens is 2. The number of nitrogens with zero attached hydrogens (tertiary/aromatic N) is 5. The molecule has 9 heteroatoms. The summed E-state index contributed by atoms with van der Waals surface area (Å²) in [6.07, 6.45) is 5.06. The van der Waals surface area contributed by atoms with Crippen LogP contribution in [0, 0.1) is 5.82 Å². The Morgan fingerprint density at radius 2 is 1.91 bits per heavy atom. The van der Waals surface area contributed by atoms with E-state index in [4.69, 9.17) is 4.98 Å². The highest BCUT2D eigenvalue weighted by atomic mass is 32.1. The van der Waals surface area contributed by atoms with Gasteiger partial charge in [-0.2, -0.15) is 5.10 Å². The summed E-state index contributed by atoms with van der Waals surface area (Å²) in [5, 5.41) is 9.27. The molecule has 0 aliphatic carbocycles. The molecule has 7 aromatic rings. The molecule has 0 aliphatic heterocycles. The van der Waals surface area contributed by atoms with E-state index in [2.05, 4.69) is 61.8 Å². The largest absolute Gasteiger partial charge is 0.337 e. The molecule has 0 amide bonds. The second kappa shape index (κ2) is 6.94. The van der Waals surface area contributed by atoms with Crippen LogP contribution in [0.15, 0.2) is 55.0 Å². The SMILES string of the molecule is CC(C)n1c2cncc(c2)c2ncc3[nH]nc(c4nc5c(cccc5c5ccc1s5)[nH]4)c3c2F. The molecule has 0 atom stereocenters. The maximum Gasteiger partial charge on any atom is 0.161 e. The number of halogens is 1. The normalized spacial score (nSPS) is 12.2. The molecular weight excluding hydrogens is 449 g/mol. The Balaban J connectivity index is 1.83. The lowest BCUT2D eigenvalue weighted by molar-refractivity contribution is 0.640. The van der Waals surface area contributed by atoms with Gasteiger partial charge in [-0.1, -0.05) is 12.1 Å². The average molecular weight is 468 g/mol. The van der Waals surface area contributed by atoms with E-state index < -0.39 is 5.82 Å². The van der Waals surface area contributed by atoms with Gasteiger partial charge in [0.1, 0.15) is 11.0 Å². The fourth-order valence-corrected chi connectivity index (χ4v) is 5.85. The number of pyridine rings is 2. The molecule has 0 saturated carbocycles. The first kappa shape index (κ1) is 19.4. The molecule has 7 nitrogen and oxygen atoms in total. The predicted molar refractivity (Wildman–Crippen MR) is 135 cm³/mol. The van der Waals surface area contributed by atoms with Crippen molar-refractivity contribution in [3.63, 3.8) is 0 Å². The maximum absolute atomic E-state index is 16.0. The maximum atomic E-state index is 16.0. The van der Waals surface area contributed by atoms with Crippen molar-refractivity contribution in [2.24, 2.45) is 0 Å². The summed E-state index contributed by atoms with van der Waals surface area (Å²) in [6, 6.07) is 12.4. The Kier molecular flexibility index (Phi) is 3.96. The van der Waals surface area contributed by atoms with Crippen LogP contribution in [-0.4, -0.2) is 34.7 Å². The van der Waals surface area contributed by atoms with Crippen LogP contribution in [0.5, 0.6) is 0 Å². The highest BCUT2D eigenvalue weighted by Crippen LogP contribution is 2.32. The molecule has 6 aromatic heterocycles. The van der Waals surface area contributed by atoms with Crippen LogP contribution >= 0.6 is 11.3 Å². The summed E-state index contributed by atoms with van der Waals surface area (Å²) in [6.45, 7) is 4.26. The summed E-state index contributed by atoms with van der Waals surface area (Å²) < 4.78 is 19.3. The highest BCUT2D eigenvalue weighted by Gasteiger charge is 2.15. The highest BCUT2D eigenvalue weighted by molar-refractivity contribution is 7.23. The molecule has 0 radical (unpaired) electrons. The Morgan fingerprint density at radius 3 is 2.79 bits per heavy atom. The average Bonchev–Trinajstić information content (AvgIpc) is 3.56. The lowest BCUT2D eigenvalue weighted by atomic mass is 10.2. The minimum absolute atomic E-state index is 0.160. The van der Waals surface area contributed by atoms with Crippen LogP contribution in [0.2, 0.25) is 0 Å². The van der Waals surface area contributed by atoms with E-state index in [-0.39, 0.29) is 11.6 Å². The van der Waals surface area contributed by atoms with E-state index in [9.17, 15) is 0 Å². The fourth-order valence-electron chi connectivity index (χ4n) is 4.66. The van der Waals surface area contributed by atoms with Crippen molar-refractivity contribution < 1.29 is 4.39 Å². The molecule has 0 saturated heterocycles. The van der Waals surface area contributed by atoms with Gasteiger partial charge in [0.15, 0.2) is 11.5 Å². The van der Waals surface area contributed by atoms with Gasteiger partial charge < -0.3 is 9.55 Å². The number of imidazole rings is 1. The zero-order valence-corrected chi connectivity index (χ0v) is 19.1. The molecule has 166 valence electrons. The molecule has 0 unspecified atom stereocenters. The Labute approximate surface area is 195 Å². The number of benzene rings is 1. The van der Waals surface area contributed by atoms with Gasteiger partial charge >= 0.3 is 0 Å². The molecular formula is C25H18FN7S. The number of thiophene rings is 1. The van der Waals surface area contributed by atoms with Crippen LogP contribution in [0.25, 0.3) is 64.4 Å². The number of para-hydroxylation sites is 1. The quantitative estimate of drug-likeness (QED) is 0.287. The third-order valence-electron chi connectivity index (χ3n) is 6.17. The van der Waals surface area contributed by atoms with E-state index >= 15 is 4.39 Å². The topological polar surface area (TPSA) is 88.1 Å². The zero-order valence-electron chi connectivity index (χ0n) is 18.3. The molecule has 0 aliphatic rings. The van der Waals surface area contributed by atoms with Crippen molar-refractivity contribution in [2.75, 3.05) is 0 Å². The summed E-state index contributed by atoms with van der Waals surface area (Å²) in [7, 11) is 0. The van der Waals surface area contributed by atoms with Crippen LogP contribution in [-0.2, 0) is 0 Å². The summed E-state index contributed by atoms with van der Waals surface area (Å²) in [4.78, 5) is 18.1. The number of rotatable bonds is 1. The van der Waals surface area contributed by atoms with Gasteiger partial charge in [-0.15, -0.1) is 11.3 Å². The Morgan fingerprint density at radius 1 is 1.00 bits per heavy atom. The first-order chi connectivity index (χ1) is 16.6. The second-order valence-corrected chi connectivity index (χ2v) is 9.66. The lowest BCUT2D eigenvalue weighted by Gasteiger charge is -2.12. The molecule has 0 fully saturated rings. The Hall–Kier alpha value is -4.11. The number of fused-ring (bicyclic) bond motifs is 9. The number of hydrogen-bond donors (Lipinski definition) is 2. The van der Waals surface area contributed by atoms with Crippen LogP contribution < -0.4 is 0 Å². The monoisotopic (exact) mass is 467 g/mol. The van der Waals surface area contributed by atoms with Gasteiger partial charge in [0.2, 0.25) is 0 Å². The molecule has 34 heavy (non-hydrogen) atoms. The van der Waals surface area contributed by atoms with E-state index in [0.29, 0.717) is 27.5 Å². The van der Waals surface area contributed by atoms with Crippen LogP contribution in [0.1, 0.15) is 19.9 Å². The first-order valence-electron chi connectivity index (χ1n) is 10.9.